The average Bonchev–Trinajstić information content (AvgIpc) is 2.85. The highest BCUT2D eigenvalue weighted by Crippen LogP contribution is 2.20. The van der Waals surface area contributed by atoms with Crippen molar-refractivity contribution < 1.29 is 18.3 Å². The number of halogens is 2. The molecule has 1 aromatic carbocycles. The van der Waals surface area contributed by atoms with E-state index in [2.05, 4.69) is 0 Å². The van der Waals surface area contributed by atoms with Crippen molar-refractivity contribution in [3.8, 4) is 5.75 Å². The fraction of sp³-hybridized carbons (Fsp3) is 0.462. The SMILES string of the molecule is C[C@H](Oc1ccc(F)cc1F)C(=O)N1CCCC1. The summed E-state index contributed by atoms with van der Waals surface area (Å²) in [6.45, 7) is 3.01. The van der Waals surface area contributed by atoms with E-state index in [1.165, 1.54) is 6.07 Å². The lowest BCUT2D eigenvalue weighted by Crippen LogP contribution is -2.38. The van der Waals surface area contributed by atoms with Gasteiger partial charge in [-0.1, -0.05) is 0 Å². The first kappa shape index (κ1) is 12.8. The molecule has 1 atom stereocenters. The van der Waals surface area contributed by atoms with Crippen LogP contribution < -0.4 is 4.74 Å². The molecule has 0 aliphatic carbocycles. The van der Waals surface area contributed by atoms with Crippen LogP contribution in [0.3, 0.4) is 0 Å². The van der Waals surface area contributed by atoms with Gasteiger partial charge < -0.3 is 9.64 Å². The molecule has 1 aliphatic heterocycles. The second-order valence-corrected chi connectivity index (χ2v) is 4.37. The molecular weight excluding hydrogens is 240 g/mol. The fourth-order valence-electron chi connectivity index (χ4n) is 2.01. The molecule has 0 N–H and O–H groups in total. The van der Waals surface area contributed by atoms with Crippen LogP contribution in [0.5, 0.6) is 5.75 Å². The summed E-state index contributed by atoms with van der Waals surface area (Å²) in [7, 11) is 0. The molecule has 0 spiro atoms. The predicted molar refractivity (Wildman–Crippen MR) is 62.3 cm³/mol. The van der Waals surface area contributed by atoms with Crippen LogP contribution in [0.2, 0.25) is 0 Å². The monoisotopic (exact) mass is 255 g/mol. The molecule has 98 valence electrons. The average molecular weight is 255 g/mol. The van der Waals surface area contributed by atoms with Gasteiger partial charge in [0.15, 0.2) is 17.7 Å². The number of likely N-dealkylation sites (tertiary alicyclic amines) is 1. The number of nitrogens with zero attached hydrogens (tertiary/aromatic N) is 1. The van der Waals surface area contributed by atoms with Gasteiger partial charge >= 0.3 is 0 Å². The van der Waals surface area contributed by atoms with Gasteiger partial charge in [-0.2, -0.15) is 0 Å². The maximum absolute atomic E-state index is 13.4. The third-order valence-electron chi connectivity index (χ3n) is 2.96. The Bertz CT molecular complexity index is 445. The molecule has 0 unspecified atom stereocenters. The molecule has 18 heavy (non-hydrogen) atoms. The Balaban J connectivity index is 2.01. The molecule has 0 radical (unpaired) electrons. The molecule has 1 aliphatic rings. The maximum atomic E-state index is 13.4. The van der Waals surface area contributed by atoms with Crippen LogP contribution in [0.25, 0.3) is 0 Å². The Morgan fingerprint density at radius 1 is 1.33 bits per heavy atom. The van der Waals surface area contributed by atoms with Crippen molar-refractivity contribution in [1.29, 1.82) is 0 Å². The smallest absolute Gasteiger partial charge is 0.263 e. The standard InChI is InChI=1S/C13H15F2NO2/c1-9(13(17)16-6-2-3-7-16)18-12-5-4-10(14)8-11(12)15/h4-5,8-9H,2-3,6-7H2,1H3/t9-/m0/s1. The quantitative estimate of drug-likeness (QED) is 0.829. The van der Waals surface area contributed by atoms with Gasteiger partial charge in [0.25, 0.3) is 5.91 Å². The predicted octanol–water partition coefficient (Wildman–Crippen LogP) is 2.35. The normalized spacial score (nSPS) is 16.7. The summed E-state index contributed by atoms with van der Waals surface area (Å²) in [5, 5.41) is 0. The summed E-state index contributed by atoms with van der Waals surface area (Å²) in [5.74, 6) is -1.72. The molecule has 0 aromatic heterocycles. The van der Waals surface area contributed by atoms with Gasteiger partial charge in [0, 0.05) is 19.2 Å². The number of hydrogen-bond donors (Lipinski definition) is 0. The second kappa shape index (κ2) is 5.33. The summed E-state index contributed by atoms with van der Waals surface area (Å²) < 4.78 is 31.3. The second-order valence-electron chi connectivity index (χ2n) is 4.37. The number of carbonyl (C=O) groups is 1. The Labute approximate surface area is 104 Å². The minimum absolute atomic E-state index is 0.101. The third-order valence-corrected chi connectivity index (χ3v) is 2.96. The van der Waals surface area contributed by atoms with E-state index in [9.17, 15) is 13.6 Å². The van der Waals surface area contributed by atoms with E-state index >= 15 is 0 Å². The van der Waals surface area contributed by atoms with Gasteiger partial charge in [-0.05, 0) is 31.9 Å². The number of carbonyl (C=O) groups excluding carboxylic acids is 1. The van der Waals surface area contributed by atoms with Crippen LogP contribution in [0, 0.1) is 11.6 Å². The van der Waals surface area contributed by atoms with Crippen LogP contribution in [0.15, 0.2) is 18.2 Å². The molecule has 1 fully saturated rings. The van der Waals surface area contributed by atoms with Crippen molar-refractivity contribution in [2.75, 3.05) is 13.1 Å². The van der Waals surface area contributed by atoms with Crippen LogP contribution in [-0.2, 0) is 4.79 Å². The van der Waals surface area contributed by atoms with E-state index in [-0.39, 0.29) is 11.7 Å². The van der Waals surface area contributed by atoms with Gasteiger partial charge in [0.1, 0.15) is 5.82 Å². The van der Waals surface area contributed by atoms with Gasteiger partial charge in [-0.15, -0.1) is 0 Å². The molecule has 1 aromatic rings. The zero-order valence-corrected chi connectivity index (χ0v) is 10.2. The maximum Gasteiger partial charge on any atom is 0.263 e. The number of rotatable bonds is 3. The summed E-state index contributed by atoms with van der Waals surface area (Å²) in [5.41, 5.74) is 0. The van der Waals surface area contributed by atoms with E-state index in [1.54, 1.807) is 11.8 Å². The zero-order valence-electron chi connectivity index (χ0n) is 10.2. The van der Waals surface area contributed by atoms with Crippen molar-refractivity contribution >= 4 is 5.91 Å². The van der Waals surface area contributed by atoms with E-state index < -0.39 is 17.7 Å². The summed E-state index contributed by atoms with van der Waals surface area (Å²) >= 11 is 0. The highest BCUT2D eigenvalue weighted by atomic mass is 19.1. The topological polar surface area (TPSA) is 29.5 Å². The minimum atomic E-state index is -0.795. The lowest BCUT2D eigenvalue weighted by atomic mass is 10.3. The Morgan fingerprint density at radius 3 is 2.61 bits per heavy atom. The minimum Gasteiger partial charge on any atom is -0.478 e. The van der Waals surface area contributed by atoms with Gasteiger partial charge in [-0.25, -0.2) is 8.78 Å². The van der Waals surface area contributed by atoms with Crippen molar-refractivity contribution in [3.63, 3.8) is 0 Å². The molecular formula is C13H15F2NO2. The lowest BCUT2D eigenvalue weighted by Gasteiger charge is -2.21. The summed E-state index contributed by atoms with van der Waals surface area (Å²) in [4.78, 5) is 13.6. The zero-order chi connectivity index (χ0) is 13.1. The third kappa shape index (κ3) is 2.78. The highest BCUT2D eigenvalue weighted by Gasteiger charge is 2.25. The molecule has 0 saturated carbocycles. The van der Waals surface area contributed by atoms with Crippen LogP contribution in [0.4, 0.5) is 8.78 Å². The van der Waals surface area contributed by atoms with Crippen LogP contribution in [0.1, 0.15) is 19.8 Å². The van der Waals surface area contributed by atoms with E-state index in [0.29, 0.717) is 0 Å². The van der Waals surface area contributed by atoms with E-state index in [4.69, 9.17) is 4.74 Å². The van der Waals surface area contributed by atoms with Gasteiger partial charge in [0.05, 0.1) is 0 Å². The number of ether oxygens (including phenoxy) is 1. The molecule has 1 saturated heterocycles. The van der Waals surface area contributed by atoms with Crippen LogP contribution in [-0.4, -0.2) is 30.0 Å². The molecule has 0 bridgehead atoms. The number of hydrogen-bond acceptors (Lipinski definition) is 2. The van der Waals surface area contributed by atoms with Crippen LogP contribution >= 0.6 is 0 Å². The lowest BCUT2D eigenvalue weighted by molar-refractivity contribution is -0.136. The number of benzene rings is 1. The Hall–Kier alpha value is -1.65. The fourth-order valence-corrected chi connectivity index (χ4v) is 2.01. The molecule has 5 heteroatoms. The molecule has 1 heterocycles. The first-order valence-electron chi connectivity index (χ1n) is 5.98. The first-order chi connectivity index (χ1) is 8.58. The molecule has 3 nitrogen and oxygen atoms in total. The first-order valence-corrected chi connectivity index (χ1v) is 5.98. The molecule has 2 rings (SSSR count). The Morgan fingerprint density at radius 2 is 2.00 bits per heavy atom. The largest absolute Gasteiger partial charge is 0.478 e. The van der Waals surface area contributed by atoms with E-state index in [0.717, 1.165) is 38.1 Å². The Kier molecular flexibility index (Phi) is 3.79. The van der Waals surface area contributed by atoms with Gasteiger partial charge in [0.2, 0.25) is 0 Å². The van der Waals surface area contributed by atoms with Crippen molar-refractivity contribution in [1.82, 2.24) is 4.90 Å². The van der Waals surface area contributed by atoms with E-state index in [1.807, 2.05) is 0 Å². The highest BCUT2D eigenvalue weighted by molar-refractivity contribution is 5.81. The van der Waals surface area contributed by atoms with Crippen molar-refractivity contribution in [2.45, 2.75) is 25.9 Å². The van der Waals surface area contributed by atoms with Gasteiger partial charge in [-0.3, -0.25) is 4.79 Å². The van der Waals surface area contributed by atoms with Crippen molar-refractivity contribution in [2.24, 2.45) is 0 Å². The summed E-state index contributed by atoms with van der Waals surface area (Å²) in [6, 6.07) is 3.03. The van der Waals surface area contributed by atoms with Crippen molar-refractivity contribution in [3.05, 3.63) is 29.8 Å². The number of amides is 1. The molecule has 1 amide bonds. The summed E-state index contributed by atoms with van der Waals surface area (Å²) in [6.07, 6.45) is 1.22.